The molecule has 1 aromatic carbocycles. The third kappa shape index (κ3) is 3.06. The van der Waals surface area contributed by atoms with E-state index in [1.807, 2.05) is 0 Å². The van der Waals surface area contributed by atoms with Crippen LogP contribution in [0.1, 0.15) is 25.7 Å². The first kappa shape index (κ1) is 14.8. The van der Waals surface area contributed by atoms with Gasteiger partial charge in [0.1, 0.15) is 5.82 Å². The van der Waals surface area contributed by atoms with Gasteiger partial charge in [-0.1, -0.05) is 6.42 Å². The number of hydrogen-bond donors (Lipinski definition) is 1. The molecule has 4 nitrogen and oxygen atoms in total. The molecule has 3 rings (SSSR count). The van der Waals surface area contributed by atoms with Crippen LogP contribution in [0, 0.1) is 5.82 Å². The predicted molar refractivity (Wildman–Crippen MR) is 80.7 cm³/mol. The van der Waals surface area contributed by atoms with Gasteiger partial charge in [-0.05, 0) is 44.0 Å². The molecule has 2 saturated heterocycles. The zero-order valence-electron chi connectivity index (χ0n) is 12.2. The fourth-order valence-corrected chi connectivity index (χ4v) is 4.11. The quantitative estimate of drug-likeness (QED) is 0.870. The topological polar surface area (TPSA) is 49.4 Å². The fraction of sp³-hybridized carbons (Fsp3) is 0.600. The number of benzene rings is 1. The predicted octanol–water partition coefficient (Wildman–Crippen LogP) is 2.27. The van der Waals surface area contributed by atoms with Crippen LogP contribution >= 0.6 is 0 Å². The summed E-state index contributed by atoms with van der Waals surface area (Å²) in [5.74, 6) is -0.392. The molecule has 6 heteroatoms. The molecule has 2 unspecified atom stereocenters. The van der Waals surface area contributed by atoms with E-state index in [1.165, 1.54) is 31.0 Å². The van der Waals surface area contributed by atoms with Crippen molar-refractivity contribution < 1.29 is 12.8 Å². The zero-order valence-corrected chi connectivity index (χ0v) is 13.0. The summed E-state index contributed by atoms with van der Waals surface area (Å²) in [6.07, 6.45) is 5.70. The Hall–Kier alpha value is -1.14. The van der Waals surface area contributed by atoms with Gasteiger partial charge in [0.15, 0.2) is 9.84 Å². The second-order valence-corrected chi connectivity index (χ2v) is 8.07. The van der Waals surface area contributed by atoms with Crippen molar-refractivity contribution in [3.05, 3.63) is 24.0 Å². The summed E-state index contributed by atoms with van der Waals surface area (Å²) in [5.41, 5.74) is 0.301. The molecular formula is C15H21FN2O2S. The highest BCUT2D eigenvalue weighted by Crippen LogP contribution is 2.30. The van der Waals surface area contributed by atoms with E-state index in [9.17, 15) is 12.8 Å². The lowest BCUT2D eigenvalue weighted by Gasteiger charge is -2.33. The number of sulfone groups is 1. The van der Waals surface area contributed by atoms with Crippen LogP contribution in [-0.2, 0) is 9.84 Å². The van der Waals surface area contributed by atoms with E-state index < -0.39 is 15.7 Å². The van der Waals surface area contributed by atoms with Crippen LogP contribution in [0.4, 0.5) is 10.1 Å². The van der Waals surface area contributed by atoms with E-state index in [4.69, 9.17) is 0 Å². The Kier molecular flexibility index (Phi) is 3.92. The van der Waals surface area contributed by atoms with Crippen molar-refractivity contribution in [2.24, 2.45) is 0 Å². The maximum Gasteiger partial charge on any atom is 0.175 e. The smallest absolute Gasteiger partial charge is 0.175 e. The second-order valence-electron chi connectivity index (χ2n) is 6.05. The van der Waals surface area contributed by atoms with Crippen LogP contribution in [0.25, 0.3) is 0 Å². The van der Waals surface area contributed by atoms with Crippen LogP contribution in [0.3, 0.4) is 0 Å². The molecule has 0 radical (unpaired) electrons. The molecule has 2 atom stereocenters. The zero-order chi connectivity index (χ0) is 15.0. The number of hydrogen-bond acceptors (Lipinski definition) is 4. The lowest BCUT2D eigenvalue weighted by atomic mass is 9.99. The van der Waals surface area contributed by atoms with Crippen molar-refractivity contribution in [1.82, 2.24) is 4.90 Å². The highest BCUT2D eigenvalue weighted by Gasteiger charge is 2.35. The van der Waals surface area contributed by atoms with Gasteiger partial charge in [0.25, 0.3) is 0 Å². The Balaban J connectivity index is 1.81. The van der Waals surface area contributed by atoms with Gasteiger partial charge in [-0.15, -0.1) is 0 Å². The van der Waals surface area contributed by atoms with Gasteiger partial charge in [-0.3, -0.25) is 4.90 Å². The maximum atomic E-state index is 14.0. The van der Waals surface area contributed by atoms with Crippen LogP contribution in [-0.4, -0.2) is 44.7 Å². The Morgan fingerprint density at radius 3 is 2.81 bits per heavy atom. The van der Waals surface area contributed by atoms with E-state index in [0.717, 1.165) is 32.2 Å². The SMILES string of the molecule is CS(=O)(=O)c1ccc(F)c(NC2CCN3CCCCC23)c1. The van der Waals surface area contributed by atoms with Gasteiger partial charge in [-0.25, -0.2) is 12.8 Å². The highest BCUT2D eigenvalue weighted by molar-refractivity contribution is 7.90. The molecule has 0 aliphatic carbocycles. The molecular weight excluding hydrogens is 291 g/mol. The van der Waals surface area contributed by atoms with Crippen molar-refractivity contribution in [2.45, 2.75) is 42.7 Å². The van der Waals surface area contributed by atoms with E-state index in [1.54, 1.807) is 0 Å². The van der Waals surface area contributed by atoms with Crippen LogP contribution in [0.15, 0.2) is 23.1 Å². The van der Waals surface area contributed by atoms with Crippen molar-refractivity contribution in [1.29, 1.82) is 0 Å². The summed E-state index contributed by atoms with van der Waals surface area (Å²) in [6, 6.07) is 4.61. The van der Waals surface area contributed by atoms with E-state index in [-0.39, 0.29) is 10.9 Å². The van der Waals surface area contributed by atoms with E-state index >= 15 is 0 Å². The van der Waals surface area contributed by atoms with Gasteiger partial charge < -0.3 is 5.32 Å². The van der Waals surface area contributed by atoms with Gasteiger partial charge >= 0.3 is 0 Å². The number of nitrogens with zero attached hydrogens (tertiary/aromatic N) is 1. The average Bonchev–Trinajstić information content (AvgIpc) is 2.83. The first-order valence-electron chi connectivity index (χ1n) is 7.45. The lowest BCUT2D eigenvalue weighted by Crippen LogP contribution is -2.41. The second kappa shape index (κ2) is 5.57. The van der Waals surface area contributed by atoms with Crippen molar-refractivity contribution in [3.8, 4) is 0 Å². The summed E-state index contributed by atoms with van der Waals surface area (Å²) in [4.78, 5) is 2.62. The Bertz CT molecular complexity index is 633. The summed E-state index contributed by atoms with van der Waals surface area (Å²) in [5, 5.41) is 3.24. The number of halogens is 1. The standard InChI is InChI=1S/C15H21FN2O2S/c1-21(19,20)11-5-6-12(16)14(10-11)17-13-7-9-18-8-3-2-4-15(13)18/h5-6,10,13,15,17H,2-4,7-9H2,1H3. The minimum absolute atomic E-state index is 0.157. The first-order valence-corrected chi connectivity index (χ1v) is 9.34. The third-order valence-electron chi connectivity index (χ3n) is 4.56. The molecule has 0 saturated carbocycles. The fourth-order valence-electron chi connectivity index (χ4n) is 3.46. The van der Waals surface area contributed by atoms with Gasteiger partial charge in [-0.2, -0.15) is 0 Å². The lowest BCUT2D eigenvalue weighted by molar-refractivity contribution is 0.192. The van der Waals surface area contributed by atoms with Crippen LogP contribution < -0.4 is 5.32 Å². The van der Waals surface area contributed by atoms with E-state index in [2.05, 4.69) is 10.2 Å². The molecule has 0 bridgehead atoms. The summed E-state index contributed by atoms with van der Waals surface area (Å²) in [7, 11) is -3.32. The van der Waals surface area contributed by atoms with Gasteiger partial charge in [0.2, 0.25) is 0 Å². The number of rotatable bonds is 3. The Labute approximate surface area is 125 Å². The van der Waals surface area contributed by atoms with E-state index in [0.29, 0.717) is 11.7 Å². The molecule has 2 aliphatic heterocycles. The van der Waals surface area contributed by atoms with Crippen molar-refractivity contribution in [2.75, 3.05) is 24.7 Å². The normalized spacial score (nSPS) is 26.6. The monoisotopic (exact) mass is 312 g/mol. The van der Waals surface area contributed by atoms with Crippen LogP contribution in [0.2, 0.25) is 0 Å². The van der Waals surface area contributed by atoms with Crippen molar-refractivity contribution in [3.63, 3.8) is 0 Å². The molecule has 1 N–H and O–H groups in total. The number of fused-ring (bicyclic) bond motifs is 1. The summed E-state index contributed by atoms with van der Waals surface area (Å²) in [6.45, 7) is 2.16. The molecule has 0 spiro atoms. The van der Waals surface area contributed by atoms with Gasteiger partial charge in [0, 0.05) is 24.9 Å². The van der Waals surface area contributed by atoms with Gasteiger partial charge in [0.05, 0.1) is 10.6 Å². The molecule has 0 amide bonds. The number of nitrogens with one attached hydrogen (secondary N) is 1. The minimum atomic E-state index is -3.32. The first-order chi connectivity index (χ1) is 9.95. The number of anilines is 1. The van der Waals surface area contributed by atoms with Crippen molar-refractivity contribution >= 4 is 15.5 Å². The molecule has 2 fully saturated rings. The molecule has 2 heterocycles. The third-order valence-corrected chi connectivity index (χ3v) is 5.67. The maximum absolute atomic E-state index is 14.0. The molecule has 2 aliphatic rings. The average molecular weight is 312 g/mol. The molecule has 21 heavy (non-hydrogen) atoms. The molecule has 116 valence electrons. The highest BCUT2D eigenvalue weighted by atomic mass is 32.2. The number of piperidine rings is 1. The summed E-state index contributed by atoms with van der Waals surface area (Å²) >= 11 is 0. The Morgan fingerprint density at radius 1 is 1.24 bits per heavy atom. The van der Waals surface area contributed by atoms with Crippen LogP contribution in [0.5, 0.6) is 0 Å². The summed E-state index contributed by atoms with van der Waals surface area (Å²) < 4.78 is 37.2. The largest absolute Gasteiger partial charge is 0.378 e. The molecule has 0 aromatic heterocycles. The minimum Gasteiger partial charge on any atom is -0.378 e. The Morgan fingerprint density at radius 2 is 2.05 bits per heavy atom. The molecule has 1 aromatic rings.